The number of carboxylic acids is 1. The average molecular weight is 314 g/mol. The number of hydrogen-bond donors (Lipinski definition) is 2. The minimum Gasteiger partial charge on any atom is -0.478 e. The van der Waals surface area contributed by atoms with Gasteiger partial charge >= 0.3 is 5.97 Å². The molecule has 98 valence electrons. The van der Waals surface area contributed by atoms with Gasteiger partial charge in [0.05, 0.1) is 12.2 Å². The first-order chi connectivity index (χ1) is 8.61. The number of aliphatic hydroxyl groups is 1. The van der Waals surface area contributed by atoms with Crippen LogP contribution in [0.4, 0.5) is 0 Å². The van der Waals surface area contributed by atoms with Crippen LogP contribution in [0, 0.1) is 0 Å². The first-order valence-corrected chi connectivity index (χ1v) is 6.77. The van der Waals surface area contributed by atoms with Crippen LogP contribution in [0.25, 0.3) is 0 Å². The summed E-state index contributed by atoms with van der Waals surface area (Å²) < 4.78 is 0.811. The van der Waals surface area contributed by atoms with E-state index in [0.717, 1.165) is 16.6 Å². The molecular formula is C13H16BrNO3. The van der Waals surface area contributed by atoms with Crippen molar-refractivity contribution in [1.29, 1.82) is 0 Å². The van der Waals surface area contributed by atoms with Gasteiger partial charge in [-0.2, -0.15) is 0 Å². The molecule has 0 bridgehead atoms. The number of rotatable bonds is 6. The Bertz CT molecular complexity index is 446. The highest BCUT2D eigenvalue weighted by molar-refractivity contribution is 9.10. The van der Waals surface area contributed by atoms with E-state index in [1.165, 1.54) is 12.8 Å². The number of aromatic carboxylic acids is 1. The zero-order valence-corrected chi connectivity index (χ0v) is 11.6. The van der Waals surface area contributed by atoms with Gasteiger partial charge in [-0.15, -0.1) is 0 Å². The zero-order valence-electron chi connectivity index (χ0n) is 9.97. The Labute approximate surface area is 114 Å². The summed E-state index contributed by atoms with van der Waals surface area (Å²) >= 11 is 3.41. The maximum atomic E-state index is 10.8. The third kappa shape index (κ3) is 3.31. The molecule has 0 radical (unpaired) electrons. The lowest BCUT2D eigenvalue weighted by atomic mass is 10.1. The van der Waals surface area contributed by atoms with E-state index in [0.29, 0.717) is 12.6 Å². The molecule has 5 heteroatoms. The molecule has 1 fully saturated rings. The summed E-state index contributed by atoms with van der Waals surface area (Å²) in [4.78, 5) is 13.1. The van der Waals surface area contributed by atoms with Crippen molar-refractivity contribution < 1.29 is 15.0 Å². The molecular weight excluding hydrogens is 298 g/mol. The summed E-state index contributed by atoms with van der Waals surface area (Å²) in [7, 11) is 0. The van der Waals surface area contributed by atoms with Crippen LogP contribution >= 0.6 is 15.9 Å². The van der Waals surface area contributed by atoms with Crippen LogP contribution in [0.2, 0.25) is 0 Å². The molecule has 0 heterocycles. The third-order valence-corrected chi connectivity index (χ3v) is 3.86. The number of benzene rings is 1. The molecule has 0 spiro atoms. The Morgan fingerprint density at radius 2 is 2.17 bits per heavy atom. The lowest BCUT2D eigenvalue weighted by Crippen LogP contribution is -2.28. The maximum absolute atomic E-state index is 10.8. The van der Waals surface area contributed by atoms with Crippen LogP contribution in [-0.4, -0.2) is 40.3 Å². The SMILES string of the molecule is O=C(O)c1ccc(CN(CCO)C2CC2)c(Br)c1. The van der Waals surface area contributed by atoms with Crippen molar-refractivity contribution in [3.8, 4) is 0 Å². The molecule has 1 saturated carbocycles. The molecule has 1 aromatic rings. The van der Waals surface area contributed by atoms with Crippen molar-refractivity contribution in [2.45, 2.75) is 25.4 Å². The predicted molar refractivity (Wildman–Crippen MR) is 71.6 cm³/mol. The highest BCUT2D eigenvalue weighted by Crippen LogP contribution is 2.29. The lowest BCUT2D eigenvalue weighted by Gasteiger charge is -2.21. The second-order valence-electron chi connectivity index (χ2n) is 4.54. The number of carbonyl (C=O) groups is 1. The van der Waals surface area contributed by atoms with Crippen molar-refractivity contribution in [2.24, 2.45) is 0 Å². The molecule has 0 atom stereocenters. The van der Waals surface area contributed by atoms with E-state index in [-0.39, 0.29) is 12.2 Å². The topological polar surface area (TPSA) is 60.8 Å². The standard InChI is InChI=1S/C13H16BrNO3/c14-12-7-9(13(17)18)1-2-10(12)8-15(5-6-16)11-3-4-11/h1-2,7,11,16H,3-6,8H2,(H,17,18). The van der Waals surface area contributed by atoms with Crippen molar-refractivity contribution in [1.82, 2.24) is 4.90 Å². The Morgan fingerprint density at radius 1 is 1.44 bits per heavy atom. The summed E-state index contributed by atoms with van der Waals surface area (Å²) in [5, 5.41) is 17.9. The largest absolute Gasteiger partial charge is 0.478 e. The van der Waals surface area contributed by atoms with E-state index in [2.05, 4.69) is 20.8 Å². The maximum Gasteiger partial charge on any atom is 0.335 e. The first-order valence-electron chi connectivity index (χ1n) is 5.98. The molecule has 0 amide bonds. The zero-order chi connectivity index (χ0) is 13.1. The van der Waals surface area contributed by atoms with E-state index < -0.39 is 5.97 Å². The molecule has 4 nitrogen and oxygen atoms in total. The van der Waals surface area contributed by atoms with Crippen LogP contribution in [0.5, 0.6) is 0 Å². The minimum absolute atomic E-state index is 0.154. The van der Waals surface area contributed by atoms with Crippen molar-refractivity contribution in [3.63, 3.8) is 0 Å². The van der Waals surface area contributed by atoms with Crippen LogP contribution in [0.15, 0.2) is 22.7 Å². The highest BCUT2D eigenvalue weighted by Gasteiger charge is 2.28. The van der Waals surface area contributed by atoms with Gasteiger partial charge in [0.25, 0.3) is 0 Å². The fraction of sp³-hybridized carbons (Fsp3) is 0.462. The van der Waals surface area contributed by atoms with Gasteiger partial charge in [-0.3, -0.25) is 4.90 Å². The monoisotopic (exact) mass is 313 g/mol. The molecule has 0 saturated heterocycles. The molecule has 0 unspecified atom stereocenters. The van der Waals surface area contributed by atoms with E-state index >= 15 is 0 Å². The summed E-state index contributed by atoms with van der Waals surface area (Å²) in [6.07, 6.45) is 2.37. The van der Waals surface area contributed by atoms with Crippen LogP contribution in [0.3, 0.4) is 0 Å². The summed E-state index contributed by atoms with van der Waals surface area (Å²) in [6, 6.07) is 5.65. The molecule has 1 aliphatic rings. The third-order valence-electron chi connectivity index (χ3n) is 3.12. The minimum atomic E-state index is -0.920. The van der Waals surface area contributed by atoms with Gasteiger partial charge in [0.2, 0.25) is 0 Å². The molecule has 2 N–H and O–H groups in total. The second kappa shape index (κ2) is 5.82. The summed E-state index contributed by atoms with van der Waals surface area (Å²) in [6.45, 7) is 1.56. The van der Waals surface area contributed by atoms with E-state index in [9.17, 15) is 4.79 Å². The Hall–Kier alpha value is -0.910. The van der Waals surface area contributed by atoms with Gasteiger partial charge in [0.15, 0.2) is 0 Å². The predicted octanol–water partition coefficient (Wildman–Crippen LogP) is 2.10. The van der Waals surface area contributed by atoms with Gasteiger partial charge in [-0.1, -0.05) is 22.0 Å². The van der Waals surface area contributed by atoms with Crippen molar-refractivity contribution in [3.05, 3.63) is 33.8 Å². The molecule has 0 aromatic heterocycles. The van der Waals surface area contributed by atoms with Gasteiger partial charge < -0.3 is 10.2 Å². The quantitative estimate of drug-likeness (QED) is 0.844. The van der Waals surface area contributed by atoms with Gasteiger partial charge in [-0.25, -0.2) is 4.79 Å². The smallest absolute Gasteiger partial charge is 0.335 e. The molecule has 0 aliphatic heterocycles. The second-order valence-corrected chi connectivity index (χ2v) is 5.39. The Balaban J connectivity index is 2.10. The normalized spacial score (nSPS) is 15.1. The van der Waals surface area contributed by atoms with Gasteiger partial charge in [-0.05, 0) is 30.5 Å². The van der Waals surface area contributed by atoms with E-state index in [1.54, 1.807) is 12.1 Å². The molecule has 1 aromatic carbocycles. The van der Waals surface area contributed by atoms with E-state index in [1.807, 2.05) is 6.07 Å². The fourth-order valence-electron chi connectivity index (χ4n) is 1.99. The Morgan fingerprint density at radius 3 is 2.67 bits per heavy atom. The van der Waals surface area contributed by atoms with E-state index in [4.69, 9.17) is 10.2 Å². The number of hydrogen-bond acceptors (Lipinski definition) is 3. The number of nitrogens with zero attached hydrogens (tertiary/aromatic N) is 1. The van der Waals surface area contributed by atoms with Gasteiger partial charge in [0, 0.05) is 23.6 Å². The number of aliphatic hydroxyl groups excluding tert-OH is 1. The van der Waals surface area contributed by atoms with Gasteiger partial charge in [0.1, 0.15) is 0 Å². The van der Waals surface area contributed by atoms with Crippen molar-refractivity contribution in [2.75, 3.05) is 13.2 Å². The Kier molecular flexibility index (Phi) is 4.37. The molecule has 1 aliphatic carbocycles. The first kappa shape index (κ1) is 13.5. The number of carboxylic acid groups (broad SMARTS) is 1. The fourth-order valence-corrected chi connectivity index (χ4v) is 2.49. The van der Waals surface area contributed by atoms with Crippen LogP contribution in [0.1, 0.15) is 28.8 Å². The van der Waals surface area contributed by atoms with Crippen LogP contribution in [-0.2, 0) is 6.54 Å². The lowest BCUT2D eigenvalue weighted by molar-refractivity contribution is 0.0697. The van der Waals surface area contributed by atoms with Crippen LogP contribution < -0.4 is 0 Å². The number of halogens is 1. The van der Waals surface area contributed by atoms with Crippen molar-refractivity contribution >= 4 is 21.9 Å². The molecule has 2 rings (SSSR count). The molecule has 18 heavy (non-hydrogen) atoms. The summed E-state index contributed by atoms with van der Waals surface area (Å²) in [5.41, 5.74) is 1.34. The summed E-state index contributed by atoms with van der Waals surface area (Å²) in [5.74, 6) is -0.920. The highest BCUT2D eigenvalue weighted by atomic mass is 79.9. The average Bonchev–Trinajstić information content (AvgIpc) is 3.14.